The molecule has 0 saturated carbocycles. The van der Waals surface area contributed by atoms with Crippen molar-refractivity contribution in [1.29, 1.82) is 0 Å². The summed E-state index contributed by atoms with van der Waals surface area (Å²) in [5, 5.41) is 22.5. The average Bonchev–Trinajstić information content (AvgIpc) is 2.89. The summed E-state index contributed by atoms with van der Waals surface area (Å²) in [5.74, 6) is -0.582. The van der Waals surface area contributed by atoms with Gasteiger partial charge < -0.3 is 25.8 Å². The average molecular weight is 270 g/mol. The number of rotatable bonds is 7. The number of aliphatic hydroxyl groups is 1. The standard InChI is InChI=1S/C11H18N4O4/c1-2-7(9-12-4-5-13-9)14-11(19)15-8(3-6-16)10(17)18/h4-5,7-8,16H,2-3,6H2,1H3,(H,12,13)(H,17,18)(H2,14,15,19). The zero-order chi connectivity index (χ0) is 14.3. The molecule has 2 amide bonds. The van der Waals surface area contributed by atoms with Gasteiger partial charge in [-0.05, 0) is 6.42 Å². The number of urea groups is 1. The number of hydrogen-bond acceptors (Lipinski definition) is 4. The summed E-state index contributed by atoms with van der Waals surface area (Å²) >= 11 is 0. The van der Waals surface area contributed by atoms with Gasteiger partial charge in [-0.2, -0.15) is 0 Å². The van der Waals surface area contributed by atoms with Crippen molar-refractivity contribution in [1.82, 2.24) is 20.6 Å². The fourth-order valence-corrected chi connectivity index (χ4v) is 1.58. The molecule has 0 bridgehead atoms. The lowest BCUT2D eigenvalue weighted by Crippen LogP contribution is -2.47. The highest BCUT2D eigenvalue weighted by Gasteiger charge is 2.21. The molecule has 1 aromatic rings. The third-order valence-electron chi connectivity index (χ3n) is 2.58. The minimum atomic E-state index is -1.18. The normalized spacial score (nSPS) is 13.6. The van der Waals surface area contributed by atoms with Gasteiger partial charge in [0.1, 0.15) is 11.9 Å². The Labute approximate surface area is 110 Å². The number of carboxylic acid groups (broad SMARTS) is 1. The number of carbonyl (C=O) groups is 2. The second-order valence-corrected chi connectivity index (χ2v) is 3.96. The molecule has 1 heterocycles. The van der Waals surface area contributed by atoms with Crippen molar-refractivity contribution in [2.45, 2.75) is 31.8 Å². The zero-order valence-electron chi connectivity index (χ0n) is 10.6. The van der Waals surface area contributed by atoms with Crippen LogP contribution in [0.4, 0.5) is 4.79 Å². The number of carboxylic acids is 1. The maximum atomic E-state index is 11.7. The third kappa shape index (κ3) is 4.59. The van der Waals surface area contributed by atoms with E-state index in [-0.39, 0.29) is 19.1 Å². The van der Waals surface area contributed by atoms with E-state index in [1.807, 2.05) is 6.92 Å². The highest BCUT2D eigenvalue weighted by Crippen LogP contribution is 2.10. The monoisotopic (exact) mass is 270 g/mol. The van der Waals surface area contributed by atoms with E-state index in [1.54, 1.807) is 12.4 Å². The van der Waals surface area contributed by atoms with Crippen LogP contribution in [-0.4, -0.2) is 44.8 Å². The maximum Gasteiger partial charge on any atom is 0.326 e. The van der Waals surface area contributed by atoms with Crippen LogP contribution < -0.4 is 10.6 Å². The number of nitrogens with zero attached hydrogens (tertiary/aromatic N) is 1. The van der Waals surface area contributed by atoms with E-state index < -0.39 is 18.0 Å². The number of nitrogens with one attached hydrogen (secondary N) is 3. The van der Waals surface area contributed by atoms with E-state index >= 15 is 0 Å². The molecule has 0 aliphatic rings. The molecule has 2 atom stereocenters. The van der Waals surface area contributed by atoms with Crippen LogP contribution in [0.2, 0.25) is 0 Å². The second kappa shape index (κ2) is 7.37. The predicted molar refractivity (Wildman–Crippen MR) is 66.4 cm³/mol. The van der Waals surface area contributed by atoms with E-state index in [9.17, 15) is 9.59 Å². The van der Waals surface area contributed by atoms with Crippen molar-refractivity contribution in [3.8, 4) is 0 Å². The molecule has 0 radical (unpaired) electrons. The van der Waals surface area contributed by atoms with Crippen molar-refractivity contribution in [3.63, 3.8) is 0 Å². The number of aromatic nitrogens is 2. The minimum Gasteiger partial charge on any atom is -0.480 e. The van der Waals surface area contributed by atoms with Crippen LogP contribution in [0.15, 0.2) is 12.4 Å². The minimum absolute atomic E-state index is 0.0414. The molecule has 19 heavy (non-hydrogen) atoms. The first-order chi connectivity index (χ1) is 9.08. The smallest absolute Gasteiger partial charge is 0.326 e. The molecule has 0 aliphatic heterocycles. The van der Waals surface area contributed by atoms with Gasteiger partial charge >= 0.3 is 12.0 Å². The van der Waals surface area contributed by atoms with Crippen LogP contribution in [0, 0.1) is 0 Å². The zero-order valence-corrected chi connectivity index (χ0v) is 10.6. The fourth-order valence-electron chi connectivity index (χ4n) is 1.58. The Morgan fingerprint density at radius 1 is 1.47 bits per heavy atom. The van der Waals surface area contributed by atoms with Gasteiger partial charge in [-0.15, -0.1) is 0 Å². The van der Waals surface area contributed by atoms with Gasteiger partial charge in [0.05, 0.1) is 6.04 Å². The van der Waals surface area contributed by atoms with E-state index in [4.69, 9.17) is 10.2 Å². The molecule has 1 rings (SSSR count). The molecule has 1 aromatic heterocycles. The first kappa shape index (κ1) is 15.0. The number of H-pyrrole nitrogens is 1. The van der Waals surface area contributed by atoms with Crippen LogP contribution in [0.25, 0.3) is 0 Å². The lowest BCUT2D eigenvalue weighted by molar-refractivity contribution is -0.139. The Kier molecular flexibility index (Phi) is 5.80. The van der Waals surface area contributed by atoms with Gasteiger partial charge in [0, 0.05) is 25.4 Å². The number of aliphatic carboxylic acids is 1. The topological polar surface area (TPSA) is 127 Å². The number of hydrogen-bond donors (Lipinski definition) is 5. The van der Waals surface area contributed by atoms with Crippen molar-refractivity contribution >= 4 is 12.0 Å². The van der Waals surface area contributed by atoms with Crippen molar-refractivity contribution in [2.75, 3.05) is 6.61 Å². The van der Waals surface area contributed by atoms with E-state index in [0.29, 0.717) is 12.2 Å². The van der Waals surface area contributed by atoms with Gasteiger partial charge in [0.15, 0.2) is 0 Å². The summed E-state index contributed by atoms with van der Waals surface area (Å²) in [4.78, 5) is 29.4. The molecule has 2 unspecified atom stereocenters. The number of aliphatic hydroxyl groups excluding tert-OH is 1. The molecule has 0 spiro atoms. The highest BCUT2D eigenvalue weighted by atomic mass is 16.4. The Bertz CT molecular complexity index is 407. The number of imidazole rings is 1. The fraction of sp³-hybridized carbons (Fsp3) is 0.545. The molecule has 8 heteroatoms. The van der Waals surface area contributed by atoms with Crippen molar-refractivity contribution in [2.24, 2.45) is 0 Å². The van der Waals surface area contributed by atoms with Crippen LogP contribution in [-0.2, 0) is 4.79 Å². The molecule has 5 N–H and O–H groups in total. The van der Waals surface area contributed by atoms with Gasteiger partial charge in [0.2, 0.25) is 0 Å². The van der Waals surface area contributed by atoms with Crippen molar-refractivity contribution in [3.05, 3.63) is 18.2 Å². The summed E-state index contributed by atoms with van der Waals surface area (Å²) < 4.78 is 0. The molecular formula is C11H18N4O4. The summed E-state index contributed by atoms with van der Waals surface area (Å²) in [6.07, 6.45) is 3.78. The summed E-state index contributed by atoms with van der Waals surface area (Å²) in [6, 6.07) is -2.04. The van der Waals surface area contributed by atoms with Crippen LogP contribution >= 0.6 is 0 Å². The van der Waals surface area contributed by atoms with Gasteiger partial charge in [-0.25, -0.2) is 14.6 Å². The molecule has 0 saturated heterocycles. The predicted octanol–water partition coefficient (Wildman–Crippen LogP) is -0.00440. The van der Waals surface area contributed by atoms with Crippen LogP contribution in [0.3, 0.4) is 0 Å². The lowest BCUT2D eigenvalue weighted by atomic mass is 10.2. The largest absolute Gasteiger partial charge is 0.480 e. The summed E-state index contributed by atoms with van der Waals surface area (Å²) in [7, 11) is 0. The molecule has 0 aliphatic carbocycles. The Morgan fingerprint density at radius 2 is 2.21 bits per heavy atom. The van der Waals surface area contributed by atoms with Crippen LogP contribution in [0.5, 0.6) is 0 Å². The van der Waals surface area contributed by atoms with Crippen molar-refractivity contribution < 1.29 is 19.8 Å². The third-order valence-corrected chi connectivity index (χ3v) is 2.58. The maximum absolute atomic E-state index is 11.7. The molecule has 0 aromatic carbocycles. The lowest BCUT2D eigenvalue weighted by Gasteiger charge is -2.18. The number of aromatic amines is 1. The van der Waals surface area contributed by atoms with Gasteiger partial charge in [0.25, 0.3) is 0 Å². The first-order valence-electron chi connectivity index (χ1n) is 5.98. The van der Waals surface area contributed by atoms with E-state index in [0.717, 1.165) is 0 Å². The molecule has 8 nitrogen and oxygen atoms in total. The Morgan fingerprint density at radius 3 is 2.68 bits per heavy atom. The highest BCUT2D eigenvalue weighted by molar-refractivity contribution is 5.82. The van der Waals surface area contributed by atoms with Crippen LogP contribution in [0.1, 0.15) is 31.6 Å². The van der Waals surface area contributed by atoms with E-state index in [2.05, 4.69) is 20.6 Å². The molecule has 0 fully saturated rings. The number of carbonyl (C=O) groups excluding carboxylic acids is 1. The first-order valence-corrected chi connectivity index (χ1v) is 5.98. The van der Waals surface area contributed by atoms with Gasteiger partial charge in [-0.3, -0.25) is 0 Å². The summed E-state index contributed by atoms with van der Waals surface area (Å²) in [5.41, 5.74) is 0. The van der Waals surface area contributed by atoms with E-state index in [1.165, 1.54) is 0 Å². The molecular weight excluding hydrogens is 252 g/mol. The SMILES string of the molecule is CCC(NC(=O)NC(CCO)C(=O)O)c1ncc[nH]1. The Hall–Kier alpha value is -2.09. The summed E-state index contributed by atoms with van der Waals surface area (Å²) in [6.45, 7) is 1.56. The number of amides is 2. The second-order valence-electron chi connectivity index (χ2n) is 3.96. The Balaban J connectivity index is 2.55. The van der Waals surface area contributed by atoms with Gasteiger partial charge in [-0.1, -0.05) is 6.92 Å². The molecule has 106 valence electrons. The quantitative estimate of drug-likeness (QED) is 0.476.